The van der Waals surface area contributed by atoms with Gasteiger partial charge in [0, 0.05) is 0 Å². The highest BCUT2D eigenvalue weighted by atomic mass is 16.4. The first-order valence-electron chi connectivity index (χ1n) is 4.62. The summed E-state index contributed by atoms with van der Waals surface area (Å²) in [5.41, 5.74) is 18.4. The largest absolute Gasteiger partial charge is 0.480 e. The van der Waals surface area contributed by atoms with E-state index in [4.69, 9.17) is 33.1 Å². The van der Waals surface area contributed by atoms with Gasteiger partial charge in [-0.1, -0.05) is 0 Å². The number of carbonyl (C=O) groups is 2. The zero-order valence-electron chi connectivity index (χ0n) is 9.22. The number of hydrogen-bond donors (Lipinski definition) is 6. The molecule has 0 saturated heterocycles. The van der Waals surface area contributed by atoms with Crippen molar-refractivity contribution in [3.8, 4) is 0 Å². The van der Waals surface area contributed by atoms with Crippen molar-refractivity contribution < 1.29 is 19.8 Å². The molecule has 0 aromatic heterocycles. The van der Waals surface area contributed by atoms with Gasteiger partial charge in [-0.15, -0.1) is 0 Å². The quantitative estimate of drug-likeness (QED) is 0.292. The number of aliphatic carboxylic acids is 2. The van der Waals surface area contributed by atoms with Crippen LogP contribution in [0.25, 0.3) is 0 Å². The summed E-state index contributed by atoms with van der Waals surface area (Å²) < 4.78 is 0. The van der Waals surface area contributed by atoms with Crippen molar-refractivity contribution in [2.75, 3.05) is 6.54 Å². The molecule has 8 heteroatoms. The first-order valence-corrected chi connectivity index (χ1v) is 4.62. The predicted molar refractivity (Wildman–Crippen MR) is 58.3 cm³/mol. The summed E-state index contributed by atoms with van der Waals surface area (Å²) in [6, 6.07) is -0.742. The Kier molecular flexibility index (Phi) is 8.58. The van der Waals surface area contributed by atoms with Crippen LogP contribution in [-0.2, 0) is 9.59 Å². The first kappa shape index (κ1) is 17.2. The fourth-order valence-electron chi connectivity index (χ4n) is 0.461. The highest BCUT2D eigenvalue weighted by molar-refractivity contribution is 5.76. The van der Waals surface area contributed by atoms with Crippen molar-refractivity contribution in [2.45, 2.75) is 31.5 Å². The number of carboxylic acids is 2. The van der Waals surface area contributed by atoms with Gasteiger partial charge in [-0.3, -0.25) is 4.79 Å². The Morgan fingerprint density at radius 3 is 1.88 bits per heavy atom. The van der Waals surface area contributed by atoms with Crippen molar-refractivity contribution in [3.63, 3.8) is 0 Å². The van der Waals surface area contributed by atoms with Gasteiger partial charge in [0.1, 0.15) is 6.04 Å². The molecule has 0 aromatic rings. The van der Waals surface area contributed by atoms with Gasteiger partial charge in [-0.2, -0.15) is 0 Å². The van der Waals surface area contributed by atoms with E-state index >= 15 is 0 Å². The molecular weight excluding hydrogens is 216 g/mol. The minimum Gasteiger partial charge on any atom is -0.480 e. The summed E-state index contributed by atoms with van der Waals surface area (Å²) >= 11 is 0. The number of hydrogen-bond acceptors (Lipinski definition) is 6. The van der Waals surface area contributed by atoms with E-state index in [1.54, 1.807) is 0 Å². The molecule has 96 valence electrons. The fraction of sp³-hybridized carbons (Fsp3) is 0.750. The van der Waals surface area contributed by atoms with Crippen LogP contribution in [0.5, 0.6) is 0 Å². The van der Waals surface area contributed by atoms with Gasteiger partial charge in [-0.25, -0.2) is 4.79 Å². The third-order valence-corrected chi connectivity index (χ3v) is 1.50. The Labute approximate surface area is 93.6 Å². The van der Waals surface area contributed by atoms with Crippen LogP contribution in [0, 0.1) is 0 Å². The van der Waals surface area contributed by atoms with E-state index in [0.29, 0.717) is 19.4 Å². The molecule has 0 rings (SSSR count). The van der Waals surface area contributed by atoms with Crippen molar-refractivity contribution in [1.82, 2.24) is 0 Å². The van der Waals surface area contributed by atoms with E-state index in [1.807, 2.05) is 0 Å². The Morgan fingerprint density at radius 2 is 1.69 bits per heavy atom. The van der Waals surface area contributed by atoms with Gasteiger partial charge in [0.15, 0.2) is 5.66 Å². The normalized spacial score (nSPS) is 12.3. The molecule has 0 unspecified atom stereocenters. The molecule has 0 radical (unpaired) electrons. The lowest BCUT2D eigenvalue weighted by atomic mass is 10.2. The average molecular weight is 236 g/mol. The van der Waals surface area contributed by atoms with Crippen LogP contribution in [0.4, 0.5) is 0 Å². The molecule has 0 aliphatic rings. The SMILES string of the molecule is CC(N)(N)C(=O)O.NCCC[C@H](N)C(=O)O. The van der Waals surface area contributed by atoms with Crippen LogP contribution >= 0.6 is 0 Å². The predicted octanol–water partition coefficient (Wildman–Crippen LogP) is -2.16. The molecule has 0 aliphatic carbocycles. The maximum absolute atomic E-state index is 10.0. The summed E-state index contributed by atoms with van der Waals surface area (Å²) in [7, 11) is 0. The molecule has 0 heterocycles. The number of rotatable bonds is 5. The second-order valence-corrected chi connectivity index (χ2v) is 3.46. The van der Waals surface area contributed by atoms with Gasteiger partial charge < -0.3 is 33.1 Å². The van der Waals surface area contributed by atoms with Gasteiger partial charge in [0.2, 0.25) is 0 Å². The molecule has 0 bridgehead atoms. The van der Waals surface area contributed by atoms with E-state index in [2.05, 4.69) is 0 Å². The molecule has 10 N–H and O–H groups in total. The topological polar surface area (TPSA) is 179 Å². The monoisotopic (exact) mass is 236 g/mol. The molecule has 0 fully saturated rings. The summed E-state index contributed by atoms with van der Waals surface area (Å²) in [4.78, 5) is 19.8. The van der Waals surface area contributed by atoms with Crippen molar-refractivity contribution in [2.24, 2.45) is 22.9 Å². The number of carboxylic acid groups (broad SMARTS) is 2. The lowest BCUT2D eigenvalue weighted by molar-refractivity contribution is -0.142. The second-order valence-electron chi connectivity index (χ2n) is 3.46. The summed E-state index contributed by atoms with van der Waals surface area (Å²) in [6.07, 6.45) is 1.14. The Morgan fingerprint density at radius 1 is 1.31 bits per heavy atom. The van der Waals surface area contributed by atoms with Crippen LogP contribution in [-0.4, -0.2) is 40.4 Å². The summed E-state index contributed by atoms with van der Waals surface area (Å²) in [5, 5.41) is 16.2. The maximum atomic E-state index is 10.0. The molecule has 16 heavy (non-hydrogen) atoms. The third-order valence-electron chi connectivity index (χ3n) is 1.50. The highest BCUT2D eigenvalue weighted by Gasteiger charge is 2.20. The van der Waals surface area contributed by atoms with Gasteiger partial charge in [0.25, 0.3) is 0 Å². The number of nitrogens with two attached hydrogens (primary N) is 4. The van der Waals surface area contributed by atoms with Crippen LogP contribution in [0.3, 0.4) is 0 Å². The molecule has 0 saturated carbocycles. The fourth-order valence-corrected chi connectivity index (χ4v) is 0.461. The molecule has 0 aromatic carbocycles. The van der Waals surface area contributed by atoms with E-state index in [9.17, 15) is 9.59 Å². The Hall–Kier alpha value is -1.22. The van der Waals surface area contributed by atoms with Crippen LogP contribution in [0.15, 0.2) is 0 Å². The van der Waals surface area contributed by atoms with Crippen molar-refractivity contribution >= 4 is 11.9 Å². The van der Waals surface area contributed by atoms with E-state index in [-0.39, 0.29) is 0 Å². The molecule has 0 spiro atoms. The van der Waals surface area contributed by atoms with E-state index in [1.165, 1.54) is 6.92 Å². The summed E-state index contributed by atoms with van der Waals surface area (Å²) in [5.74, 6) is -2.16. The maximum Gasteiger partial charge on any atom is 0.338 e. The Bertz CT molecular complexity index is 227. The molecule has 0 aliphatic heterocycles. The van der Waals surface area contributed by atoms with Gasteiger partial charge in [-0.05, 0) is 26.3 Å². The third kappa shape index (κ3) is 10.9. The van der Waals surface area contributed by atoms with Gasteiger partial charge in [0.05, 0.1) is 0 Å². The molecule has 8 nitrogen and oxygen atoms in total. The zero-order chi connectivity index (χ0) is 13.4. The Balaban J connectivity index is 0. The van der Waals surface area contributed by atoms with Crippen LogP contribution in [0.1, 0.15) is 19.8 Å². The van der Waals surface area contributed by atoms with Crippen molar-refractivity contribution in [3.05, 3.63) is 0 Å². The minimum atomic E-state index is -1.58. The zero-order valence-corrected chi connectivity index (χ0v) is 9.22. The molecule has 1 atom stereocenters. The second kappa shape index (κ2) is 7.99. The minimum absolute atomic E-state index is 0.464. The van der Waals surface area contributed by atoms with E-state index < -0.39 is 23.6 Å². The van der Waals surface area contributed by atoms with E-state index in [0.717, 1.165) is 0 Å². The summed E-state index contributed by atoms with van der Waals surface area (Å²) in [6.45, 7) is 1.72. The average Bonchev–Trinajstić information content (AvgIpc) is 2.13. The van der Waals surface area contributed by atoms with Gasteiger partial charge >= 0.3 is 11.9 Å². The standard InChI is InChI=1S/C5H12N2O2.C3H8N2O2/c6-3-1-2-4(7)5(8)9;1-3(4,5)2(6)7/h4H,1-3,6-7H2,(H,8,9);4-5H2,1H3,(H,6,7)/t4-;/m0./s1. The van der Waals surface area contributed by atoms with Crippen LogP contribution in [0.2, 0.25) is 0 Å². The highest BCUT2D eigenvalue weighted by Crippen LogP contribution is 1.91. The lowest BCUT2D eigenvalue weighted by Crippen LogP contribution is -2.53. The van der Waals surface area contributed by atoms with Crippen molar-refractivity contribution in [1.29, 1.82) is 0 Å². The molecule has 0 amide bonds. The first-order chi connectivity index (χ1) is 7.12. The lowest BCUT2D eigenvalue weighted by Gasteiger charge is -2.09. The van der Waals surface area contributed by atoms with Crippen LogP contribution < -0.4 is 22.9 Å². The smallest absolute Gasteiger partial charge is 0.338 e. The molecular formula is C8H20N4O4.